The van der Waals surface area contributed by atoms with Gasteiger partial charge in [-0.2, -0.15) is 13.2 Å². The quantitative estimate of drug-likeness (QED) is 0.600. The molecule has 26 heavy (non-hydrogen) atoms. The van der Waals surface area contributed by atoms with Gasteiger partial charge in [-0.1, -0.05) is 18.2 Å². The van der Waals surface area contributed by atoms with Crippen LogP contribution < -0.4 is 9.62 Å². The van der Waals surface area contributed by atoms with Crippen molar-refractivity contribution in [2.24, 2.45) is 0 Å². The Kier molecular flexibility index (Phi) is 5.27. The summed E-state index contributed by atoms with van der Waals surface area (Å²) < 4.78 is 41.5. The summed E-state index contributed by atoms with van der Waals surface area (Å²) >= 11 is 1.35. The van der Waals surface area contributed by atoms with E-state index in [1.54, 1.807) is 37.5 Å². The molecule has 0 bridgehead atoms. The first kappa shape index (κ1) is 18.4. The number of carbonyl (C=O) groups excluding carboxylic acids is 1. The molecule has 136 valence electrons. The maximum absolute atomic E-state index is 13.2. The molecule has 7 heteroatoms. The van der Waals surface area contributed by atoms with Gasteiger partial charge in [0.25, 0.3) is 0 Å². The summed E-state index contributed by atoms with van der Waals surface area (Å²) in [4.78, 5) is 12.1. The van der Waals surface area contributed by atoms with Gasteiger partial charge in [-0.25, -0.2) is 0 Å². The molecule has 1 N–H and O–H groups in total. The number of halogens is 3. The summed E-state index contributed by atoms with van der Waals surface area (Å²) in [5.74, 6) is 0. The van der Waals surface area contributed by atoms with E-state index in [9.17, 15) is 18.0 Å². The third-order valence-corrected chi connectivity index (χ3v) is 5.29. The minimum absolute atomic E-state index is 0.325. The minimum atomic E-state index is -4.36. The third-order valence-electron chi connectivity index (χ3n) is 4.14. The van der Waals surface area contributed by atoms with Crippen molar-refractivity contribution in [2.45, 2.75) is 17.5 Å². The Bertz CT molecular complexity index is 849. The summed E-state index contributed by atoms with van der Waals surface area (Å²) in [7, 11) is 1.75. The first-order chi connectivity index (χ1) is 12.5. The lowest BCUT2D eigenvalue weighted by molar-refractivity contribution is -0.138. The number of carbonyl (C=O) groups is 1. The molecule has 0 saturated carbocycles. The molecular formula is C19H17F3N2OS. The Morgan fingerprint density at radius 1 is 1.19 bits per heavy atom. The highest BCUT2D eigenvalue weighted by atomic mass is 32.2. The number of benzene rings is 2. The number of fused-ring (bicyclic) bond motifs is 1. The molecule has 2 aromatic carbocycles. The molecule has 2 aromatic rings. The molecule has 3 nitrogen and oxygen atoms in total. The van der Waals surface area contributed by atoms with Gasteiger partial charge in [0.05, 0.1) is 11.3 Å². The zero-order chi connectivity index (χ0) is 18.7. The average Bonchev–Trinajstić information content (AvgIpc) is 3.02. The largest absolute Gasteiger partial charge is 0.416 e. The standard InChI is InChI=1S/C19H17F3N2OS/c1-23-10-8-14-13(12-25)4-2-7-18(14)26-24-11-9-15-16(19(20,21)22)5-3-6-17(15)24/h2-8,10,12,23H,9,11H2,1H3/b10-8-. The molecule has 3 rings (SSSR count). The molecule has 1 heterocycles. The zero-order valence-corrected chi connectivity index (χ0v) is 14.8. The SMILES string of the molecule is CN/C=C\c1c(C=O)cccc1SN1CCc2c1cccc2C(F)(F)F. The Hall–Kier alpha value is -2.41. The van der Waals surface area contributed by atoms with Gasteiger partial charge in [0.2, 0.25) is 0 Å². The van der Waals surface area contributed by atoms with Crippen LogP contribution in [-0.4, -0.2) is 19.9 Å². The van der Waals surface area contributed by atoms with E-state index in [2.05, 4.69) is 5.32 Å². The molecule has 1 aliphatic rings. The van der Waals surface area contributed by atoms with Gasteiger partial charge >= 0.3 is 6.18 Å². The second kappa shape index (κ2) is 7.45. The van der Waals surface area contributed by atoms with E-state index >= 15 is 0 Å². The summed E-state index contributed by atoms with van der Waals surface area (Å²) in [6, 6.07) is 9.61. The monoisotopic (exact) mass is 378 g/mol. The molecule has 0 saturated heterocycles. The lowest BCUT2D eigenvalue weighted by Gasteiger charge is -2.20. The maximum atomic E-state index is 13.2. The number of alkyl halides is 3. The normalized spacial score (nSPS) is 13.9. The molecule has 1 aliphatic heterocycles. The highest BCUT2D eigenvalue weighted by Gasteiger charge is 2.36. The topological polar surface area (TPSA) is 32.3 Å². The molecule has 0 amide bonds. The van der Waals surface area contributed by atoms with Crippen LogP contribution in [0.3, 0.4) is 0 Å². The van der Waals surface area contributed by atoms with Crippen LogP contribution in [0.5, 0.6) is 0 Å². The first-order valence-corrected chi connectivity index (χ1v) is 8.79. The number of hydrogen-bond donors (Lipinski definition) is 1. The van der Waals surface area contributed by atoms with Crippen LogP contribution in [0.2, 0.25) is 0 Å². The molecule has 0 fully saturated rings. The fourth-order valence-electron chi connectivity index (χ4n) is 2.97. The van der Waals surface area contributed by atoms with Crippen molar-refractivity contribution >= 4 is 30.0 Å². The van der Waals surface area contributed by atoms with E-state index in [1.807, 2.05) is 10.4 Å². The second-order valence-corrected chi connectivity index (χ2v) is 6.81. The van der Waals surface area contributed by atoms with Crippen LogP contribution in [0, 0.1) is 0 Å². The summed E-state index contributed by atoms with van der Waals surface area (Å²) in [5.41, 5.74) is 1.60. The van der Waals surface area contributed by atoms with Gasteiger partial charge in [0, 0.05) is 29.6 Å². The number of nitrogens with one attached hydrogen (secondary N) is 1. The van der Waals surface area contributed by atoms with Gasteiger partial charge in [-0.05, 0) is 54.4 Å². The second-order valence-electron chi connectivity index (χ2n) is 5.74. The fraction of sp³-hybridized carbons (Fsp3) is 0.211. The fourth-order valence-corrected chi connectivity index (χ4v) is 4.09. The van der Waals surface area contributed by atoms with Crippen LogP contribution in [0.25, 0.3) is 6.08 Å². The maximum Gasteiger partial charge on any atom is 0.416 e. The zero-order valence-electron chi connectivity index (χ0n) is 14.0. The van der Waals surface area contributed by atoms with Crippen LogP contribution in [0.15, 0.2) is 47.5 Å². The van der Waals surface area contributed by atoms with Crippen molar-refractivity contribution in [3.63, 3.8) is 0 Å². The van der Waals surface area contributed by atoms with E-state index in [1.165, 1.54) is 18.0 Å². The average molecular weight is 378 g/mol. The van der Waals surface area contributed by atoms with Crippen LogP contribution in [0.1, 0.15) is 27.0 Å². The van der Waals surface area contributed by atoms with Crippen molar-refractivity contribution in [2.75, 3.05) is 17.9 Å². The van der Waals surface area contributed by atoms with E-state index in [0.29, 0.717) is 29.8 Å². The Morgan fingerprint density at radius 3 is 2.65 bits per heavy atom. The van der Waals surface area contributed by atoms with E-state index in [0.717, 1.165) is 22.8 Å². The molecule has 0 aliphatic carbocycles. The molecule has 0 spiro atoms. The number of rotatable bonds is 5. The molecule has 0 radical (unpaired) electrons. The molecule has 0 atom stereocenters. The summed E-state index contributed by atoms with van der Waals surface area (Å²) in [5, 5.41) is 2.88. The highest BCUT2D eigenvalue weighted by molar-refractivity contribution is 8.00. The van der Waals surface area contributed by atoms with Gasteiger partial charge in [0.1, 0.15) is 0 Å². The van der Waals surface area contributed by atoms with Crippen molar-refractivity contribution in [3.05, 3.63) is 64.9 Å². The van der Waals surface area contributed by atoms with Gasteiger partial charge in [-0.3, -0.25) is 4.79 Å². The number of nitrogens with zero attached hydrogens (tertiary/aromatic N) is 1. The minimum Gasteiger partial charge on any atom is -0.394 e. The predicted octanol–water partition coefficient (Wildman–Crippen LogP) is 4.78. The van der Waals surface area contributed by atoms with Gasteiger partial charge in [-0.15, -0.1) is 0 Å². The number of anilines is 1. The summed E-state index contributed by atoms with van der Waals surface area (Å²) in [6.07, 6.45) is 0.261. The van der Waals surface area contributed by atoms with E-state index < -0.39 is 11.7 Å². The van der Waals surface area contributed by atoms with Crippen LogP contribution in [-0.2, 0) is 12.6 Å². The van der Waals surface area contributed by atoms with Crippen LogP contribution in [0.4, 0.5) is 18.9 Å². The predicted molar refractivity (Wildman–Crippen MR) is 98.3 cm³/mol. The highest BCUT2D eigenvalue weighted by Crippen LogP contribution is 2.43. The Balaban J connectivity index is 1.96. The summed E-state index contributed by atoms with van der Waals surface area (Å²) in [6.45, 7) is 0.480. The lowest BCUT2D eigenvalue weighted by Crippen LogP contribution is -2.11. The third kappa shape index (κ3) is 3.58. The van der Waals surface area contributed by atoms with E-state index in [-0.39, 0.29) is 0 Å². The number of hydrogen-bond acceptors (Lipinski definition) is 4. The van der Waals surface area contributed by atoms with Crippen molar-refractivity contribution in [1.82, 2.24) is 5.32 Å². The van der Waals surface area contributed by atoms with Gasteiger partial charge in [0.15, 0.2) is 6.29 Å². The van der Waals surface area contributed by atoms with Crippen molar-refractivity contribution in [1.29, 1.82) is 0 Å². The van der Waals surface area contributed by atoms with Crippen molar-refractivity contribution < 1.29 is 18.0 Å². The van der Waals surface area contributed by atoms with Crippen LogP contribution >= 0.6 is 11.9 Å². The van der Waals surface area contributed by atoms with Crippen molar-refractivity contribution in [3.8, 4) is 0 Å². The van der Waals surface area contributed by atoms with E-state index in [4.69, 9.17) is 0 Å². The smallest absolute Gasteiger partial charge is 0.394 e. The Morgan fingerprint density at radius 2 is 1.96 bits per heavy atom. The first-order valence-electron chi connectivity index (χ1n) is 8.02. The van der Waals surface area contributed by atoms with Gasteiger partial charge < -0.3 is 9.62 Å². The Labute approximate surface area is 154 Å². The molecular weight excluding hydrogens is 361 g/mol. The molecule has 0 aromatic heterocycles. The number of aldehydes is 1. The lowest BCUT2D eigenvalue weighted by atomic mass is 10.0. The molecule has 0 unspecified atom stereocenters.